The molecule has 0 fully saturated rings. The molecule has 0 aliphatic rings. The van der Waals surface area contributed by atoms with Crippen molar-refractivity contribution in [3.8, 4) is 5.75 Å². The van der Waals surface area contributed by atoms with Crippen LogP contribution in [0.3, 0.4) is 0 Å². The molecule has 0 amide bonds. The van der Waals surface area contributed by atoms with Gasteiger partial charge in [0.1, 0.15) is 5.75 Å². The molecule has 4 nitrogen and oxygen atoms in total. The lowest BCUT2D eigenvalue weighted by Crippen LogP contribution is -2.14. The van der Waals surface area contributed by atoms with Crippen LogP contribution in [0.4, 0.5) is 5.69 Å². The molecule has 1 aromatic rings. The normalized spacial score (nSPS) is 12.2. The number of nitrogens with zero attached hydrogens (tertiary/aromatic N) is 1. The molecular formula is C14H20BrNO3. The van der Waals surface area contributed by atoms with Crippen LogP contribution in [0, 0.1) is 29.9 Å². The summed E-state index contributed by atoms with van der Waals surface area (Å²) in [5.74, 6) is 1.05. The van der Waals surface area contributed by atoms with Crippen LogP contribution >= 0.6 is 15.9 Å². The smallest absolute Gasteiger partial charge is 0.276 e. The lowest BCUT2D eigenvalue weighted by atomic mass is 10.1. The Morgan fingerprint density at radius 1 is 1.37 bits per heavy atom. The van der Waals surface area contributed by atoms with E-state index in [0.29, 0.717) is 23.8 Å². The third-order valence-electron chi connectivity index (χ3n) is 3.08. The lowest BCUT2D eigenvalue weighted by Gasteiger charge is -2.16. The zero-order valence-corrected chi connectivity index (χ0v) is 13.2. The minimum atomic E-state index is -0.365. The molecule has 1 rings (SSSR count). The van der Waals surface area contributed by atoms with Gasteiger partial charge in [0.2, 0.25) is 0 Å². The number of nitro groups is 1. The number of halogens is 1. The molecule has 0 saturated carbocycles. The summed E-state index contributed by atoms with van der Waals surface area (Å²) in [4.78, 5) is 10.6. The number of benzene rings is 1. The summed E-state index contributed by atoms with van der Waals surface area (Å²) in [6.45, 7) is 6.38. The van der Waals surface area contributed by atoms with Crippen LogP contribution < -0.4 is 4.74 Å². The van der Waals surface area contributed by atoms with Gasteiger partial charge in [-0.1, -0.05) is 29.3 Å². The van der Waals surface area contributed by atoms with E-state index in [-0.39, 0.29) is 10.6 Å². The summed E-state index contributed by atoms with van der Waals surface area (Å²) < 4.78 is 5.75. The lowest BCUT2D eigenvalue weighted by molar-refractivity contribution is -0.385. The van der Waals surface area contributed by atoms with Crippen LogP contribution in [0.2, 0.25) is 0 Å². The van der Waals surface area contributed by atoms with Crippen LogP contribution in [0.15, 0.2) is 12.1 Å². The molecule has 0 N–H and O–H groups in total. The van der Waals surface area contributed by atoms with Gasteiger partial charge >= 0.3 is 0 Å². The van der Waals surface area contributed by atoms with Crippen molar-refractivity contribution in [2.75, 3.05) is 11.9 Å². The number of nitro benzene ring substituents is 1. The van der Waals surface area contributed by atoms with E-state index in [1.165, 1.54) is 6.07 Å². The zero-order chi connectivity index (χ0) is 14.4. The second-order valence-corrected chi connectivity index (χ2v) is 5.43. The Morgan fingerprint density at radius 3 is 2.58 bits per heavy atom. The van der Waals surface area contributed by atoms with Gasteiger partial charge in [0, 0.05) is 16.8 Å². The van der Waals surface area contributed by atoms with Crippen molar-refractivity contribution >= 4 is 21.6 Å². The van der Waals surface area contributed by atoms with Gasteiger partial charge in [0.05, 0.1) is 17.6 Å². The molecule has 0 saturated heterocycles. The highest BCUT2D eigenvalue weighted by Crippen LogP contribution is 2.28. The van der Waals surface area contributed by atoms with Crippen LogP contribution in [-0.4, -0.2) is 16.9 Å². The third kappa shape index (κ3) is 4.49. The van der Waals surface area contributed by atoms with Crippen molar-refractivity contribution in [3.05, 3.63) is 33.4 Å². The molecule has 0 heterocycles. The molecule has 0 aliphatic heterocycles. The quantitative estimate of drug-likeness (QED) is 0.423. The van der Waals surface area contributed by atoms with Crippen molar-refractivity contribution in [2.45, 2.75) is 33.6 Å². The summed E-state index contributed by atoms with van der Waals surface area (Å²) in [6, 6.07) is 3.33. The fourth-order valence-corrected chi connectivity index (χ4v) is 2.51. The standard InChI is InChI=1S/C14H20BrNO3/c1-4-5-12(8-15)9-19-14-7-13(16(17)18)10(2)6-11(14)3/h6-7,12H,4-5,8-9H2,1-3H3. The highest BCUT2D eigenvalue weighted by Gasteiger charge is 2.15. The maximum atomic E-state index is 10.9. The number of hydrogen-bond donors (Lipinski definition) is 0. The summed E-state index contributed by atoms with van der Waals surface area (Å²) in [7, 11) is 0. The van der Waals surface area contributed by atoms with Crippen molar-refractivity contribution in [1.29, 1.82) is 0 Å². The highest BCUT2D eigenvalue weighted by atomic mass is 79.9. The van der Waals surface area contributed by atoms with Crippen LogP contribution in [0.25, 0.3) is 0 Å². The molecule has 0 spiro atoms. The monoisotopic (exact) mass is 329 g/mol. The molecular weight excluding hydrogens is 310 g/mol. The highest BCUT2D eigenvalue weighted by molar-refractivity contribution is 9.09. The summed E-state index contributed by atoms with van der Waals surface area (Å²) >= 11 is 3.47. The van der Waals surface area contributed by atoms with E-state index in [1.54, 1.807) is 13.0 Å². The maximum absolute atomic E-state index is 10.9. The van der Waals surface area contributed by atoms with Crippen LogP contribution in [0.1, 0.15) is 30.9 Å². The average molecular weight is 330 g/mol. The first kappa shape index (κ1) is 16.0. The Balaban J connectivity index is 2.83. The zero-order valence-electron chi connectivity index (χ0n) is 11.6. The SMILES string of the molecule is CCCC(CBr)COc1cc([N+](=O)[O-])c(C)cc1C. The first-order valence-electron chi connectivity index (χ1n) is 6.44. The van der Waals surface area contributed by atoms with Crippen molar-refractivity contribution in [2.24, 2.45) is 5.92 Å². The van der Waals surface area contributed by atoms with Gasteiger partial charge in [0.15, 0.2) is 0 Å². The number of ether oxygens (including phenoxy) is 1. The van der Waals surface area contributed by atoms with E-state index in [0.717, 1.165) is 23.7 Å². The molecule has 106 valence electrons. The molecule has 0 aromatic heterocycles. The molecule has 5 heteroatoms. The van der Waals surface area contributed by atoms with Gasteiger partial charge in [0.25, 0.3) is 5.69 Å². The van der Waals surface area contributed by atoms with E-state index in [1.807, 2.05) is 6.92 Å². The fraction of sp³-hybridized carbons (Fsp3) is 0.571. The average Bonchev–Trinajstić information content (AvgIpc) is 2.35. The minimum absolute atomic E-state index is 0.117. The molecule has 0 bridgehead atoms. The van der Waals surface area contributed by atoms with E-state index in [9.17, 15) is 10.1 Å². The number of hydrogen-bond acceptors (Lipinski definition) is 3. The van der Waals surface area contributed by atoms with Gasteiger partial charge in [-0.05, 0) is 31.9 Å². The van der Waals surface area contributed by atoms with E-state index < -0.39 is 0 Å². The van der Waals surface area contributed by atoms with Gasteiger partial charge in [-0.25, -0.2) is 0 Å². The first-order chi connectivity index (χ1) is 8.99. The van der Waals surface area contributed by atoms with E-state index in [2.05, 4.69) is 22.9 Å². The molecule has 1 aromatic carbocycles. The van der Waals surface area contributed by atoms with Gasteiger partial charge in [-0.3, -0.25) is 10.1 Å². The van der Waals surface area contributed by atoms with Crippen molar-refractivity contribution in [3.63, 3.8) is 0 Å². The van der Waals surface area contributed by atoms with Gasteiger partial charge in [-0.2, -0.15) is 0 Å². The van der Waals surface area contributed by atoms with Crippen LogP contribution in [0.5, 0.6) is 5.75 Å². The summed E-state index contributed by atoms with van der Waals surface area (Å²) in [6.07, 6.45) is 2.19. The number of aryl methyl sites for hydroxylation is 2. The topological polar surface area (TPSA) is 52.4 Å². The Hall–Kier alpha value is -1.10. The molecule has 1 atom stereocenters. The van der Waals surface area contributed by atoms with Gasteiger partial charge in [-0.15, -0.1) is 0 Å². The van der Waals surface area contributed by atoms with Crippen LogP contribution in [-0.2, 0) is 0 Å². The second-order valence-electron chi connectivity index (χ2n) is 4.78. The summed E-state index contributed by atoms with van der Waals surface area (Å²) in [5, 5.41) is 11.8. The van der Waals surface area contributed by atoms with Gasteiger partial charge < -0.3 is 4.74 Å². The maximum Gasteiger partial charge on any atom is 0.276 e. The van der Waals surface area contributed by atoms with E-state index in [4.69, 9.17) is 4.74 Å². The molecule has 0 aliphatic carbocycles. The molecule has 1 unspecified atom stereocenters. The Labute approximate surface area is 122 Å². The summed E-state index contributed by atoms with van der Waals surface area (Å²) in [5.41, 5.74) is 1.72. The largest absolute Gasteiger partial charge is 0.493 e. The second kappa shape index (κ2) is 7.48. The van der Waals surface area contributed by atoms with Crippen molar-refractivity contribution < 1.29 is 9.66 Å². The Bertz CT molecular complexity index is 449. The first-order valence-corrected chi connectivity index (χ1v) is 7.56. The Kier molecular flexibility index (Phi) is 6.28. The van der Waals surface area contributed by atoms with E-state index >= 15 is 0 Å². The molecule has 19 heavy (non-hydrogen) atoms. The minimum Gasteiger partial charge on any atom is -0.493 e. The number of alkyl halides is 1. The predicted octanol–water partition coefficient (Wildman–Crippen LogP) is 4.40. The molecule has 0 radical (unpaired) electrons. The predicted molar refractivity (Wildman–Crippen MR) is 80.3 cm³/mol. The fourth-order valence-electron chi connectivity index (χ4n) is 1.99. The Morgan fingerprint density at radius 2 is 2.05 bits per heavy atom. The van der Waals surface area contributed by atoms with Crippen molar-refractivity contribution in [1.82, 2.24) is 0 Å². The number of rotatable bonds is 7. The third-order valence-corrected chi connectivity index (χ3v) is 4.00.